The Bertz CT molecular complexity index is 437. The van der Waals surface area contributed by atoms with Crippen LogP contribution in [-0.2, 0) is 0 Å². The summed E-state index contributed by atoms with van der Waals surface area (Å²) in [6.45, 7) is 5.36. The van der Waals surface area contributed by atoms with E-state index in [1.807, 2.05) is 32.0 Å². The van der Waals surface area contributed by atoms with Crippen molar-refractivity contribution < 1.29 is 9.84 Å². The van der Waals surface area contributed by atoms with Gasteiger partial charge in [-0.2, -0.15) is 0 Å². The smallest absolute Gasteiger partial charge is 0.223 e. The van der Waals surface area contributed by atoms with Crippen molar-refractivity contribution in [3.8, 4) is 5.75 Å². The highest BCUT2D eigenvalue weighted by Gasteiger charge is 2.04. The first-order valence-corrected chi connectivity index (χ1v) is 6.92. The van der Waals surface area contributed by atoms with Crippen LogP contribution in [0, 0.1) is 0 Å². The zero-order valence-corrected chi connectivity index (χ0v) is 12.8. The number of ether oxygens (including phenoxy) is 1. The Labute approximate surface area is 121 Å². The van der Waals surface area contributed by atoms with Gasteiger partial charge >= 0.3 is 0 Å². The minimum Gasteiger partial charge on any atom is -0.493 e. The molecule has 0 saturated heterocycles. The number of nitrogens with one attached hydrogen (secondary N) is 3. The van der Waals surface area contributed by atoms with E-state index in [2.05, 4.69) is 31.8 Å². The monoisotopic (exact) mass is 330 g/mol. The van der Waals surface area contributed by atoms with E-state index >= 15 is 0 Å². The maximum absolute atomic E-state index is 5.53. The zero-order valence-electron chi connectivity index (χ0n) is 10.4. The highest BCUT2D eigenvalue weighted by atomic mass is 79.9. The van der Waals surface area contributed by atoms with Gasteiger partial charge in [-0.05, 0) is 44.3 Å². The summed E-state index contributed by atoms with van der Waals surface area (Å²) in [4.78, 5) is 0. The number of hydrazone groups is 1. The van der Waals surface area contributed by atoms with E-state index in [9.17, 15) is 0 Å². The Hall–Kier alpha value is -1.14. The summed E-state index contributed by atoms with van der Waals surface area (Å²) in [5.74, 6) is 0.823. The first kappa shape index (κ1) is 14.9. The van der Waals surface area contributed by atoms with Crippen molar-refractivity contribution >= 4 is 39.5 Å². The minimum absolute atomic E-state index is 0.557. The number of benzene rings is 1. The molecule has 18 heavy (non-hydrogen) atoms. The van der Waals surface area contributed by atoms with E-state index in [0.717, 1.165) is 22.3 Å². The molecule has 0 aromatic heterocycles. The second-order valence-electron chi connectivity index (χ2n) is 3.39. The van der Waals surface area contributed by atoms with Gasteiger partial charge in [-0.25, -0.2) is 0 Å². The van der Waals surface area contributed by atoms with Crippen LogP contribution in [0.4, 0.5) is 0 Å². The molecule has 0 unspecified atom stereocenters. The molecule has 0 heterocycles. The molecule has 0 aliphatic heterocycles. The molecule has 1 aromatic rings. The fraction of sp³-hybridized carbons (Fsp3) is 0.333. The van der Waals surface area contributed by atoms with E-state index in [4.69, 9.17) is 17.0 Å². The van der Waals surface area contributed by atoms with Crippen molar-refractivity contribution in [1.82, 2.24) is 10.7 Å². The maximum atomic E-state index is 5.53. The third-order valence-corrected chi connectivity index (χ3v) is 2.76. The van der Waals surface area contributed by atoms with Gasteiger partial charge in [0.1, 0.15) is 5.75 Å². The van der Waals surface area contributed by atoms with Gasteiger partial charge in [0.15, 0.2) is 0 Å². The molecule has 0 aliphatic rings. The molecule has 0 aliphatic carbocycles. The van der Waals surface area contributed by atoms with Gasteiger partial charge < -0.3 is 10.1 Å². The topological polar surface area (TPSA) is 47.3 Å². The van der Waals surface area contributed by atoms with Crippen LogP contribution < -0.4 is 20.6 Å². The highest BCUT2D eigenvalue weighted by Crippen LogP contribution is 2.20. The lowest BCUT2D eigenvalue weighted by Crippen LogP contribution is -2.82. The summed E-state index contributed by atoms with van der Waals surface area (Å²) in [6.07, 6.45) is 1.80. The fourth-order valence-corrected chi connectivity index (χ4v) is 1.89. The Morgan fingerprint density at radius 3 is 2.94 bits per heavy atom. The summed E-state index contributed by atoms with van der Waals surface area (Å²) < 4.78 is 6.52. The van der Waals surface area contributed by atoms with Crippen LogP contribution in [0.2, 0.25) is 0 Å². The molecular formula is C12H17BrN3OS+. The quantitative estimate of drug-likeness (QED) is 0.423. The lowest BCUT2D eigenvalue weighted by Gasteiger charge is -2.05. The largest absolute Gasteiger partial charge is 0.493 e. The normalized spacial score (nSPS) is 10.4. The fourth-order valence-electron chi connectivity index (χ4n) is 1.30. The first-order chi connectivity index (χ1) is 8.67. The lowest BCUT2D eigenvalue weighted by molar-refractivity contribution is -0.500. The molecule has 0 atom stereocenters. The molecule has 0 amide bonds. The van der Waals surface area contributed by atoms with E-state index in [1.165, 1.54) is 0 Å². The average Bonchev–Trinajstić information content (AvgIpc) is 2.33. The van der Waals surface area contributed by atoms with Crippen molar-refractivity contribution in [2.24, 2.45) is 0 Å². The van der Waals surface area contributed by atoms with E-state index in [-0.39, 0.29) is 0 Å². The second-order valence-corrected chi connectivity index (χ2v) is 4.71. The first-order valence-electron chi connectivity index (χ1n) is 5.72. The molecule has 98 valence electrons. The van der Waals surface area contributed by atoms with Crippen LogP contribution in [0.15, 0.2) is 22.7 Å². The van der Waals surface area contributed by atoms with Gasteiger partial charge in [0, 0.05) is 11.0 Å². The third kappa shape index (κ3) is 5.01. The van der Waals surface area contributed by atoms with Crippen molar-refractivity contribution in [2.45, 2.75) is 13.8 Å². The molecule has 0 spiro atoms. The molecule has 3 N–H and O–H groups in total. The predicted octanol–water partition coefficient (Wildman–Crippen LogP) is 0.746. The molecular weight excluding hydrogens is 314 g/mol. The van der Waals surface area contributed by atoms with Gasteiger partial charge in [0.2, 0.25) is 11.3 Å². The van der Waals surface area contributed by atoms with Gasteiger partial charge in [-0.1, -0.05) is 15.9 Å². The number of hydrazine groups is 1. The molecule has 0 saturated carbocycles. The standard InChI is InChI=1S/C12H16BrN3OS/c1-3-14-12(18)16-15-8-9-7-10(13)5-6-11(9)17-4-2/h5-8H,3-4H2,1-2H3,(H2,14,16,18)/p+1. The molecule has 1 rings (SSSR count). The lowest BCUT2D eigenvalue weighted by atomic mass is 10.2. The summed E-state index contributed by atoms with van der Waals surface area (Å²) in [7, 11) is 0. The van der Waals surface area contributed by atoms with Crippen LogP contribution in [0.3, 0.4) is 0 Å². The van der Waals surface area contributed by atoms with Gasteiger partial charge in [0.05, 0.1) is 12.2 Å². The maximum Gasteiger partial charge on any atom is 0.223 e. The molecule has 0 bridgehead atoms. The van der Waals surface area contributed by atoms with E-state index in [1.54, 1.807) is 6.21 Å². The Kier molecular flexibility index (Phi) is 6.67. The molecule has 6 heteroatoms. The molecule has 0 fully saturated rings. The van der Waals surface area contributed by atoms with Crippen molar-refractivity contribution in [1.29, 1.82) is 0 Å². The minimum atomic E-state index is 0.557. The van der Waals surface area contributed by atoms with Gasteiger partial charge in [0.25, 0.3) is 0 Å². The molecule has 0 radical (unpaired) electrons. The van der Waals surface area contributed by atoms with Crippen molar-refractivity contribution in [3.63, 3.8) is 0 Å². The highest BCUT2D eigenvalue weighted by molar-refractivity contribution is 9.10. The van der Waals surface area contributed by atoms with Crippen LogP contribution in [-0.4, -0.2) is 24.5 Å². The van der Waals surface area contributed by atoms with Crippen molar-refractivity contribution in [2.75, 3.05) is 13.2 Å². The van der Waals surface area contributed by atoms with Crippen LogP contribution in [0.1, 0.15) is 19.4 Å². The van der Waals surface area contributed by atoms with E-state index in [0.29, 0.717) is 11.7 Å². The second kappa shape index (κ2) is 8.05. The Morgan fingerprint density at radius 2 is 2.28 bits per heavy atom. The zero-order chi connectivity index (χ0) is 13.4. The molecule has 1 aromatic carbocycles. The number of rotatable bonds is 5. The van der Waals surface area contributed by atoms with E-state index < -0.39 is 0 Å². The van der Waals surface area contributed by atoms with Crippen molar-refractivity contribution in [3.05, 3.63) is 28.2 Å². The summed E-state index contributed by atoms with van der Waals surface area (Å²) in [6, 6.07) is 5.83. The Morgan fingerprint density at radius 1 is 1.50 bits per heavy atom. The summed E-state index contributed by atoms with van der Waals surface area (Å²) in [5, 5.41) is 6.47. The number of halogens is 1. The summed E-state index contributed by atoms with van der Waals surface area (Å²) >= 11 is 8.46. The van der Waals surface area contributed by atoms with Crippen LogP contribution >= 0.6 is 28.1 Å². The summed E-state index contributed by atoms with van der Waals surface area (Å²) in [5.41, 5.74) is 3.81. The van der Waals surface area contributed by atoms with Crippen LogP contribution in [0.5, 0.6) is 5.75 Å². The Balaban J connectivity index is 2.72. The van der Waals surface area contributed by atoms with Gasteiger partial charge in [-0.15, -0.1) is 10.5 Å². The van der Waals surface area contributed by atoms with Crippen LogP contribution in [0.25, 0.3) is 0 Å². The van der Waals surface area contributed by atoms with Gasteiger partial charge in [-0.3, -0.25) is 0 Å². The average molecular weight is 331 g/mol. The SMILES string of the molecule is CCNC(=S)N[NH+]=Cc1cc(Br)ccc1OCC. The number of thiocarbonyl (C=S) groups is 1. The number of hydrogen-bond donors (Lipinski definition) is 3. The molecule has 4 nitrogen and oxygen atoms in total. The third-order valence-electron chi connectivity index (χ3n) is 2.02. The predicted molar refractivity (Wildman–Crippen MR) is 80.9 cm³/mol. The number of hydrogen-bond acceptors (Lipinski definition) is 2.